The fourth-order valence-electron chi connectivity index (χ4n) is 3.22. The summed E-state index contributed by atoms with van der Waals surface area (Å²) >= 11 is 0. The van der Waals surface area contributed by atoms with Crippen LogP contribution in [-0.4, -0.2) is 40.1 Å². The van der Waals surface area contributed by atoms with Crippen molar-refractivity contribution in [2.24, 2.45) is 5.92 Å². The highest BCUT2D eigenvalue weighted by molar-refractivity contribution is 5.73. The molecule has 6 nitrogen and oxygen atoms in total. The molecule has 0 saturated carbocycles. The second kappa shape index (κ2) is 8.43. The summed E-state index contributed by atoms with van der Waals surface area (Å²) in [5, 5.41) is 7.69. The van der Waals surface area contributed by atoms with Gasteiger partial charge in [-0.3, -0.25) is 4.79 Å². The predicted octanol–water partition coefficient (Wildman–Crippen LogP) is 2.71. The SMILES string of the molecule is CCCCc1noc([C@H](C)N[C@H]2CCN(C(C)=O)C[C@@H]2CC)n1. The van der Waals surface area contributed by atoms with Gasteiger partial charge in [0.2, 0.25) is 11.8 Å². The highest BCUT2D eigenvalue weighted by Gasteiger charge is 2.31. The first-order valence-corrected chi connectivity index (χ1v) is 8.89. The van der Waals surface area contributed by atoms with Crippen LogP contribution in [0.4, 0.5) is 0 Å². The minimum Gasteiger partial charge on any atom is -0.343 e. The monoisotopic (exact) mass is 322 g/mol. The van der Waals surface area contributed by atoms with Gasteiger partial charge in [0.05, 0.1) is 6.04 Å². The van der Waals surface area contributed by atoms with Crippen molar-refractivity contribution in [1.82, 2.24) is 20.4 Å². The quantitative estimate of drug-likeness (QED) is 0.835. The van der Waals surface area contributed by atoms with Crippen LogP contribution in [0, 0.1) is 5.92 Å². The number of piperidine rings is 1. The number of unbranched alkanes of at least 4 members (excludes halogenated alkanes) is 1. The number of hydrogen-bond acceptors (Lipinski definition) is 5. The van der Waals surface area contributed by atoms with Crippen LogP contribution >= 0.6 is 0 Å². The molecular formula is C17H30N4O2. The molecule has 2 rings (SSSR count). The summed E-state index contributed by atoms with van der Waals surface area (Å²) in [6.07, 6.45) is 5.12. The molecule has 0 radical (unpaired) electrons. The third-order valence-electron chi connectivity index (χ3n) is 4.78. The number of nitrogens with zero attached hydrogens (tertiary/aromatic N) is 3. The second-order valence-electron chi connectivity index (χ2n) is 6.57. The Bertz CT molecular complexity index is 503. The lowest BCUT2D eigenvalue weighted by atomic mass is 9.89. The van der Waals surface area contributed by atoms with Crippen molar-refractivity contribution in [2.45, 2.75) is 71.9 Å². The molecule has 1 aliphatic rings. The minimum atomic E-state index is 0.0424. The topological polar surface area (TPSA) is 71.3 Å². The molecule has 1 saturated heterocycles. The summed E-state index contributed by atoms with van der Waals surface area (Å²) in [5.41, 5.74) is 0. The number of rotatable bonds is 7. The Kier molecular flexibility index (Phi) is 6.57. The van der Waals surface area contributed by atoms with Crippen molar-refractivity contribution in [3.8, 4) is 0 Å². The van der Waals surface area contributed by atoms with Gasteiger partial charge in [-0.05, 0) is 25.7 Å². The van der Waals surface area contributed by atoms with Crippen LogP contribution < -0.4 is 5.32 Å². The molecule has 3 atom stereocenters. The zero-order chi connectivity index (χ0) is 16.8. The van der Waals surface area contributed by atoms with E-state index in [1.165, 1.54) is 0 Å². The average molecular weight is 322 g/mol. The van der Waals surface area contributed by atoms with Gasteiger partial charge in [-0.15, -0.1) is 0 Å². The van der Waals surface area contributed by atoms with E-state index in [-0.39, 0.29) is 11.9 Å². The second-order valence-corrected chi connectivity index (χ2v) is 6.57. The fourth-order valence-corrected chi connectivity index (χ4v) is 3.22. The maximum absolute atomic E-state index is 11.6. The molecule has 0 bridgehead atoms. The zero-order valence-electron chi connectivity index (χ0n) is 14.8. The van der Waals surface area contributed by atoms with Crippen molar-refractivity contribution in [3.05, 3.63) is 11.7 Å². The molecule has 0 unspecified atom stereocenters. The van der Waals surface area contributed by atoms with E-state index in [1.54, 1.807) is 6.92 Å². The Hall–Kier alpha value is -1.43. The summed E-state index contributed by atoms with van der Waals surface area (Å²) in [7, 11) is 0. The minimum absolute atomic E-state index is 0.0424. The first-order valence-electron chi connectivity index (χ1n) is 8.89. The van der Waals surface area contributed by atoms with Crippen molar-refractivity contribution in [1.29, 1.82) is 0 Å². The number of aromatic nitrogens is 2. The third kappa shape index (κ3) is 4.77. The molecule has 1 N–H and O–H groups in total. The van der Waals surface area contributed by atoms with E-state index in [9.17, 15) is 4.79 Å². The van der Waals surface area contributed by atoms with Crippen LogP contribution in [0.15, 0.2) is 4.52 Å². The van der Waals surface area contributed by atoms with Crippen LogP contribution in [0.5, 0.6) is 0 Å². The molecule has 1 aromatic rings. The lowest BCUT2D eigenvalue weighted by molar-refractivity contribution is -0.131. The number of carbonyl (C=O) groups excluding carboxylic acids is 1. The maximum Gasteiger partial charge on any atom is 0.243 e. The summed E-state index contributed by atoms with van der Waals surface area (Å²) in [6.45, 7) is 9.72. The highest BCUT2D eigenvalue weighted by atomic mass is 16.5. The number of nitrogens with one attached hydrogen (secondary N) is 1. The molecule has 0 aliphatic carbocycles. The van der Waals surface area contributed by atoms with Crippen molar-refractivity contribution in [2.75, 3.05) is 13.1 Å². The standard InChI is InChI=1S/C17H30N4O2/c1-5-7-8-16-19-17(23-20-16)12(3)18-15-9-10-21(13(4)22)11-14(15)6-2/h12,14-15,18H,5-11H2,1-4H3/t12-,14-,15-/m0/s1. The van der Waals surface area contributed by atoms with Gasteiger partial charge in [0, 0.05) is 32.5 Å². The zero-order valence-corrected chi connectivity index (χ0v) is 14.8. The molecule has 0 spiro atoms. The smallest absolute Gasteiger partial charge is 0.243 e. The largest absolute Gasteiger partial charge is 0.343 e. The summed E-state index contributed by atoms with van der Waals surface area (Å²) in [6, 6.07) is 0.428. The predicted molar refractivity (Wildman–Crippen MR) is 88.9 cm³/mol. The lowest BCUT2D eigenvalue weighted by Crippen LogP contribution is -2.50. The summed E-state index contributed by atoms with van der Waals surface area (Å²) in [4.78, 5) is 18.0. The highest BCUT2D eigenvalue weighted by Crippen LogP contribution is 2.23. The van der Waals surface area contributed by atoms with Crippen LogP contribution in [0.25, 0.3) is 0 Å². The lowest BCUT2D eigenvalue weighted by Gasteiger charge is -2.39. The van der Waals surface area contributed by atoms with E-state index in [2.05, 4.69) is 36.2 Å². The molecule has 1 amide bonds. The Morgan fingerprint density at radius 1 is 1.48 bits per heavy atom. The van der Waals surface area contributed by atoms with E-state index in [0.29, 0.717) is 17.9 Å². The molecule has 1 aliphatic heterocycles. The van der Waals surface area contributed by atoms with Gasteiger partial charge in [0.25, 0.3) is 0 Å². The molecule has 130 valence electrons. The third-order valence-corrected chi connectivity index (χ3v) is 4.78. The maximum atomic E-state index is 11.6. The van der Waals surface area contributed by atoms with E-state index in [4.69, 9.17) is 4.52 Å². The first kappa shape index (κ1) is 17.9. The average Bonchev–Trinajstić information content (AvgIpc) is 3.02. The number of amides is 1. The molecule has 1 aromatic heterocycles. The Morgan fingerprint density at radius 2 is 2.26 bits per heavy atom. The number of likely N-dealkylation sites (tertiary alicyclic amines) is 1. The number of aryl methyl sites for hydroxylation is 1. The van der Waals surface area contributed by atoms with Gasteiger partial charge in [0.15, 0.2) is 5.82 Å². The molecule has 6 heteroatoms. The molecule has 0 aromatic carbocycles. The fraction of sp³-hybridized carbons (Fsp3) is 0.824. The normalized spacial score (nSPS) is 23.0. The molecule has 1 fully saturated rings. The first-order chi connectivity index (χ1) is 11.0. The van der Waals surface area contributed by atoms with Gasteiger partial charge in [-0.2, -0.15) is 4.98 Å². The molecular weight excluding hydrogens is 292 g/mol. The van der Waals surface area contributed by atoms with Crippen LogP contribution in [0.2, 0.25) is 0 Å². The Morgan fingerprint density at radius 3 is 2.91 bits per heavy atom. The van der Waals surface area contributed by atoms with Gasteiger partial charge in [-0.25, -0.2) is 0 Å². The number of hydrogen-bond donors (Lipinski definition) is 1. The Labute approximate surface area is 139 Å². The summed E-state index contributed by atoms with van der Waals surface area (Å²) in [5.74, 6) is 2.11. The van der Waals surface area contributed by atoms with Crippen molar-refractivity contribution < 1.29 is 9.32 Å². The van der Waals surface area contributed by atoms with E-state index in [0.717, 1.165) is 51.0 Å². The molecule has 2 heterocycles. The van der Waals surface area contributed by atoms with Crippen molar-refractivity contribution in [3.63, 3.8) is 0 Å². The van der Waals surface area contributed by atoms with Crippen LogP contribution in [0.1, 0.15) is 71.1 Å². The van der Waals surface area contributed by atoms with Crippen LogP contribution in [-0.2, 0) is 11.2 Å². The van der Waals surface area contributed by atoms with E-state index >= 15 is 0 Å². The van der Waals surface area contributed by atoms with Gasteiger partial charge < -0.3 is 14.7 Å². The van der Waals surface area contributed by atoms with Crippen LogP contribution in [0.3, 0.4) is 0 Å². The van der Waals surface area contributed by atoms with Gasteiger partial charge >= 0.3 is 0 Å². The van der Waals surface area contributed by atoms with Crippen molar-refractivity contribution >= 4 is 5.91 Å². The van der Waals surface area contributed by atoms with Gasteiger partial charge in [-0.1, -0.05) is 31.8 Å². The number of carbonyl (C=O) groups is 1. The summed E-state index contributed by atoms with van der Waals surface area (Å²) < 4.78 is 5.41. The van der Waals surface area contributed by atoms with E-state index in [1.807, 2.05) is 4.90 Å². The Balaban J connectivity index is 1.92. The van der Waals surface area contributed by atoms with Gasteiger partial charge in [0.1, 0.15) is 0 Å². The molecule has 23 heavy (non-hydrogen) atoms. The van der Waals surface area contributed by atoms with E-state index < -0.39 is 0 Å².